The maximum atomic E-state index is 16.4. The molecule has 5 aromatic rings. The number of aliphatic hydroxyl groups excluding tert-OH is 1. The van der Waals surface area contributed by atoms with Crippen LogP contribution in [0.4, 0.5) is 14.6 Å². The van der Waals surface area contributed by atoms with Crippen LogP contribution in [-0.2, 0) is 13.2 Å². The van der Waals surface area contributed by atoms with Gasteiger partial charge in [0.15, 0.2) is 12.6 Å². The highest BCUT2D eigenvalue weighted by Crippen LogP contribution is 2.41. The number of rotatable bonds is 7. The molecule has 3 aromatic heterocycles. The van der Waals surface area contributed by atoms with E-state index in [0.717, 1.165) is 18.2 Å². The molecule has 3 atom stereocenters. The monoisotopic (exact) mass is 576 g/mol. The molecular formula is C30H27ClF2N6O2. The molecule has 2 aliphatic rings. The maximum Gasteiger partial charge on any atom is 0.319 e. The number of aliphatic hydroxyl groups is 1. The molecule has 0 radical (unpaired) electrons. The van der Waals surface area contributed by atoms with Crippen LogP contribution in [0.3, 0.4) is 0 Å². The molecule has 1 saturated heterocycles. The number of piperidine rings is 1. The number of ether oxygens (including phenoxy) is 1. The van der Waals surface area contributed by atoms with Crippen molar-refractivity contribution < 1.29 is 18.6 Å². The molecule has 2 bridgehead atoms. The van der Waals surface area contributed by atoms with Crippen LogP contribution in [0.25, 0.3) is 32.9 Å². The van der Waals surface area contributed by atoms with Gasteiger partial charge in [-0.15, -0.1) is 0 Å². The fraction of sp³-hybridized carbons (Fsp3) is 0.333. The number of benzene rings is 2. The minimum atomic E-state index is -0.686. The summed E-state index contributed by atoms with van der Waals surface area (Å²) in [5.74, 6) is 0.898. The van der Waals surface area contributed by atoms with E-state index in [1.165, 1.54) is 10.8 Å². The van der Waals surface area contributed by atoms with Crippen molar-refractivity contribution in [3.63, 3.8) is 0 Å². The molecule has 1 saturated carbocycles. The van der Waals surface area contributed by atoms with E-state index in [4.69, 9.17) is 21.3 Å². The van der Waals surface area contributed by atoms with Gasteiger partial charge in [-0.1, -0.05) is 41.9 Å². The SMILES string of the molecule is O[C@@H]1C[C@H]2C[C@@H]1CN(c1nc(OCCc3nccn3CF)nc3c(F)c(-c4cccc5cccc(Cl)c45)ncc13)C2. The summed E-state index contributed by atoms with van der Waals surface area (Å²) in [7, 11) is 0. The minimum absolute atomic E-state index is 0.0105. The first kappa shape index (κ1) is 26.0. The van der Waals surface area contributed by atoms with E-state index in [-0.39, 0.29) is 35.8 Å². The third kappa shape index (κ3) is 4.64. The van der Waals surface area contributed by atoms with Gasteiger partial charge < -0.3 is 19.3 Å². The van der Waals surface area contributed by atoms with Gasteiger partial charge >= 0.3 is 6.01 Å². The van der Waals surface area contributed by atoms with Gasteiger partial charge in [0.1, 0.15) is 22.9 Å². The Morgan fingerprint density at radius 1 is 1.07 bits per heavy atom. The first-order chi connectivity index (χ1) is 20.0. The summed E-state index contributed by atoms with van der Waals surface area (Å²) in [6.07, 6.45) is 6.37. The molecule has 7 rings (SSSR count). The lowest BCUT2D eigenvalue weighted by molar-refractivity contribution is 0.137. The number of halogens is 3. The van der Waals surface area contributed by atoms with Crippen LogP contribution >= 0.6 is 11.6 Å². The molecule has 11 heteroatoms. The average molecular weight is 577 g/mol. The van der Waals surface area contributed by atoms with Crippen molar-refractivity contribution in [1.29, 1.82) is 0 Å². The molecule has 8 nitrogen and oxygen atoms in total. The Bertz CT molecular complexity index is 1760. The fourth-order valence-corrected chi connectivity index (χ4v) is 6.60. The number of fused-ring (bicyclic) bond motifs is 4. The standard InChI is InChI=1S/C30H27ClF2N6O2/c31-22-6-2-4-18-3-1-5-20(25(18)22)27-26(33)28-21(13-35-27)29(39-14-17-11-19(15-39)23(40)12-17)37-30(36-28)41-10-7-24-34-8-9-38(24)16-32/h1-6,8-9,13,17,19,23,40H,7,10-12,14-16H2/t17-,19-,23-/m1/s1. The molecule has 1 aliphatic carbocycles. The molecule has 1 aliphatic heterocycles. The first-order valence-electron chi connectivity index (χ1n) is 13.7. The predicted molar refractivity (Wildman–Crippen MR) is 152 cm³/mol. The zero-order chi connectivity index (χ0) is 28.1. The number of imidazole rings is 1. The molecule has 2 fully saturated rings. The van der Waals surface area contributed by atoms with E-state index in [1.807, 2.05) is 24.3 Å². The first-order valence-corrected chi connectivity index (χ1v) is 14.0. The molecule has 1 N–H and O–H groups in total. The van der Waals surface area contributed by atoms with Crippen LogP contribution in [0.5, 0.6) is 6.01 Å². The largest absolute Gasteiger partial charge is 0.463 e. The second-order valence-electron chi connectivity index (χ2n) is 10.8. The lowest BCUT2D eigenvalue weighted by atomic mass is 9.98. The van der Waals surface area contributed by atoms with E-state index in [2.05, 4.69) is 19.9 Å². The Balaban J connectivity index is 1.32. The van der Waals surface area contributed by atoms with E-state index in [1.54, 1.807) is 24.5 Å². The number of anilines is 1. The highest BCUT2D eigenvalue weighted by atomic mass is 35.5. The fourth-order valence-electron chi connectivity index (χ4n) is 6.32. The molecule has 4 heterocycles. The van der Waals surface area contributed by atoms with E-state index in [9.17, 15) is 9.50 Å². The van der Waals surface area contributed by atoms with Crippen molar-refractivity contribution >= 4 is 39.1 Å². The Morgan fingerprint density at radius 2 is 1.93 bits per heavy atom. The van der Waals surface area contributed by atoms with Crippen molar-refractivity contribution in [2.24, 2.45) is 11.8 Å². The Morgan fingerprint density at radius 3 is 2.76 bits per heavy atom. The van der Waals surface area contributed by atoms with Crippen molar-refractivity contribution in [2.75, 3.05) is 24.6 Å². The van der Waals surface area contributed by atoms with Gasteiger partial charge in [-0.25, -0.2) is 13.8 Å². The number of hydrogen-bond acceptors (Lipinski definition) is 7. The highest BCUT2D eigenvalue weighted by Gasteiger charge is 2.40. The molecule has 41 heavy (non-hydrogen) atoms. The second kappa shape index (κ2) is 10.5. The maximum absolute atomic E-state index is 16.4. The van der Waals surface area contributed by atoms with Crippen molar-refractivity contribution in [3.05, 3.63) is 71.7 Å². The van der Waals surface area contributed by atoms with Crippen LogP contribution in [0.1, 0.15) is 18.7 Å². The van der Waals surface area contributed by atoms with Gasteiger partial charge in [-0.2, -0.15) is 9.97 Å². The predicted octanol–water partition coefficient (Wildman–Crippen LogP) is 5.59. The van der Waals surface area contributed by atoms with Gasteiger partial charge in [0.05, 0.1) is 18.1 Å². The molecule has 0 spiro atoms. The summed E-state index contributed by atoms with van der Waals surface area (Å²) in [4.78, 5) is 20.0. The zero-order valence-corrected chi connectivity index (χ0v) is 22.8. The topological polar surface area (TPSA) is 89.2 Å². The number of hydrogen-bond donors (Lipinski definition) is 1. The number of nitrogens with zero attached hydrogens (tertiary/aromatic N) is 6. The van der Waals surface area contributed by atoms with Gasteiger partial charge in [-0.3, -0.25) is 4.98 Å². The number of pyridine rings is 1. The molecule has 210 valence electrons. The molecule has 2 aromatic carbocycles. The molecule has 0 amide bonds. The highest BCUT2D eigenvalue weighted by molar-refractivity contribution is 6.36. The van der Waals surface area contributed by atoms with E-state index < -0.39 is 12.6 Å². The number of aromatic nitrogens is 5. The van der Waals surface area contributed by atoms with Gasteiger partial charge in [0, 0.05) is 60.0 Å². The summed E-state index contributed by atoms with van der Waals surface area (Å²) >= 11 is 6.55. The van der Waals surface area contributed by atoms with Gasteiger partial charge in [0.2, 0.25) is 0 Å². The summed E-state index contributed by atoms with van der Waals surface area (Å²) in [5.41, 5.74) is 0.779. The van der Waals surface area contributed by atoms with Crippen molar-refractivity contribution in [1.82, 2.24) is 24.5 Å². The molecular weight excluding hydrogens is 550 g/mol. The number of alkyl halides is 1. The lowest BCUT2D eigenvalue weighted by Crippen LogP contribution is -2.38. The van der Waals surface area contributed by atoms with E-state index >= 15 is 4.39 Å². The normalized spacial score (nSPS) is 20.3. The quantitative estimate of drug-likeness (QED) is 0.270. The summed E-state index contributed by atoms with van der Waals surface area (Å²) in [6, 6.07) is 11.1. The second-order valence-corrected chi connectivity index (χ2v) is 11.2. The van der Waals surface area contributed by atoms with Gasteiger partial charge in [-0.05, 0) is 30.2 Å². The summed E-state index contributed by atoms with van der Waals surface area (Å²) in [6.45, 7) is 0.730. The van der Waals surface area contributed by atoms with E-state index in [0.29, 0.717) is 58.4 Å². The average Bonchev–Trinajstić information content (AvgIpc) is 3.54. The molecule has 0 unspecified atom stereocenters. The Labute approximate surface area is 239 Å². The van der Waals surface area contributed by atoms with Crippen LogP contribution < -0.4 is 9.64 Å². The third-order valence-electron chi connectivity index (χ3n) is 8.23. The van der Waals surface area contributed by atoms with Crippen LogP contribution in [0.2, 0.25) is 5.02 Å². The third-order valence-corrected chi connectivity index (χ3v) is 8.54. The van der Waals surface area contributed by atoms with Crippen LogP contribution in [0, 0.1) is 17.7 Å². The minimum Gasteiger partial charge on any atom is -0.463 e. The summed E-state index contributed by atoms with van der Waals surface area (Å²) in [5, 5.41) is 13.0. The van der Waals surface area contributed by atoms with Crippen molar-refractivity contribution in [3.8, 4) is 17.3 Å². The lowest BCUT2D eigenvalue weighted by Gasteiger charge is -2.33. The van der Waals surface area contributed by atoms with Crippen LogP contribution in [-0.4, -0.2) is 55.4 Å². The van der Waals surface area contributed by atoms with Crippen LogP contribution in [0.15, 0.2) is 55.0 Å². The zero-order valence-electron chi connectivity index (χ0n) is 22.1. The van der Waals surface area contributed by atoms with Gasteiger partial charge in [0.25, 0.3) is 0 Å². The van der Waals surface area contributed by atoms with Crippen molar-refractivity contribution in [2.45, 2.75) is 32.2 Å². The Kier molecular flexibility index (Phi) is 6.67. The Hall–Kier alpha value is -3.89. The summed E-state index contributed by atoms with van der Waals surface area (Å²) < 4.78 is 37.0. The smallest absolute Gasteiger partial charge is 0.319 e.